The van der Waals surface area contributed by atoms with Gasteiger partial charge in [0.25, 0.3) is 0 Å². The highest BCUT2D eigenvalue weighted by Gasteiger charge is 2.06. The molecule has 1 N–H and O–H groups in total. The second kappa shape index (κ2) is 7.00. The molecule has 0 fully saturated rings. The largest absolute Gasteiger partial charge is 0.355 e. The first-order chi connectivity index (χ1) is 12.7. The molecule has 6 heteroatoms. The van der Waals surface area contributed by atoms with Crippen LogP contribution in [0.25, 0.3) is 16.6 Å². The fourth-order valence-corrected chi connectivity index (χ4v) is 3.17. The summed E-state index contributed by atoms with van der Waals surface area (Å²) in [5.74, 6) is 0.0302. The van der Waals surface area contributed by atoms with Crippen LogP contribution in [0.15, 0.2) is 55.0 Å². The Hall–Kier alpha value is -3.15. The predicted molar refractivity (Wildman–Crippen MR) is 101 cm³/mol. The molecule has 0 saturated heterocycles. The second-order valence-electron chi connectivity index (χ2n) is 6.51. The van der Waals surface area contributed by atoms with E-state index < -0.39 is 0 Å². The Morgan fingerprint density at radius 3 is 3.04 bits per heavy atom. The summed E-state index contributed by atoms with van der Waals surface area (Å²) in [6, 6.07) is 12.1. The fraction of sp³-hybridized carbons (Fsp3) is 0.250. The summed E-state index contributed by atoms with van der Waals surface area (Å²) < 4.78 is 3.78. The number of benzene rings is 1. The maximum absolute atomic E-state index is 12.2. The van der Waals surface area contributed by atoms with Gasteiger partial charge in [0.1, 0.15) is 6.54 Å². The molecule has 0 atom stereocenters. The van der Waals surface area contributed by atoms with Crippen LogP contribution in [0.1, 0.15) is 17.7 Å². The number of nitrogens with zero attached hydrogens (tertiary/aromatic N) is 4. The number of aromatic nitrogens is 4. The quantitative estimate of drug-likeness (QED) is 0.546. The highest BCUT2D eigenvalue weighted by Crippen LogP contribution is 2.14. The SMILES string of the molecule is Cc1cc2ncc(CCCNC(=O)Cn3ccc4ccccc43)cn2n1. The minimum Gasteiger partial charge on any atom is -0.355 e. The molecule has 26 heavy (non-hydrogen) atoms. The first kappa shape index (κ1) is 16.3. The summed E-state index contributed by atoms with van der Waals surface area (Å²) in [6.07, 6.45) is 7.56. The number of fused-ring (bicyclic) bond motifs is 2. The van der Waals surface area contributed by atoms with Gasteiger partial charge in [0.15, 0.2) is 5.65 Å². The first-order valence-electron chi connectivity index (χ1n) is 8.80. The maximum Gasteiger partial charge on any atom is 0.239 e. The van der Waals surface area contributed by atoms with Crippen LogP contribution in [0.2, 0.25) is 0 Å². The predicted octanol–water partition coefficient (Wildman–Crippen LogP) is 2.74. The van der Waals surface area contributed by atoms with E-state index in [1.54, 1.807) is 4.52 Å². The minimum absolute atomic E-state index is 0.0302. The van der Waals surface area contributed by atoms with Gasteiger partial charge < -0.3 is 9.88 Å². The van der Waals surface area contributed by atoms with Crippen molar-refractivity contribution >= 4 is 22.5 Å². The lowest BCUT2D eigenvalue weighted by atomic mass is 10.2. The van der Waals surface area contributed by atoms with Crippen molar-refractivity contribution in [3.8, 4) is 0 Å². The fourth-order valence-electron chi connectivity index (χ4n) is 3.17. The standard InChI is InChI=1S/C20H21N5O/c1-15-11-19-22-12-16(13-25(19)23-15)5-4-9-21-20(26)14-24-10-8-17-6-2-3-7-18(17)24/h2-3,6-8,10-13H,4-5,9,14H2,1H3,(H,21,26). The molecule has 0 unspecified atom stereocenters. The zero-order chi connectivity index (χ0) is 17.9. The molecule has 132 valence electrons. The molecular weight excluding hydrogens is 326 g/mol. The van der Waals surface area contributed by atoms with Crippen LogP contribution in [-0.4, -0.2) is 31.6 Å². The number of para-hydroxylation sites is 1. The highest BCUT2D eigenvalue weighted by atomic mass is 16.1. The molecule has 3 aromatic heterocycles. The average molecular weight is 347 g/mol. The molecule has 0 aliphatic heterocycles. The molecule has 4 aromatic rings. The molecule has 0 saturated carbocycles. The van der Waals surface area contributed by atoms with Crippen LogP contribution >= 0.6 is 0 Å². The topological polar surface area (TPSA) is 64.2 Å². The molecule has 0 aliphatic rings. The van der Waals surface area contributed by atoms with Gasteiger partial charge in [0.05, 0.1) is 5.69 Å². The Labute approximate surface area is 151 Å². The molecule has 3 heterocycles. The zero-order valence-electron chi connectivity index (χ0n) is 14.7. The highest BCUT2D eigenvalue weighted by molar-refractivity contribution is 5.83. The minimum atomic E-state index is 0.0302. The van der Waals surface area contributed by atoms with Crippen molar-refractivity contribution in [2.45, 2.75) is 26.3 Å². The maximum atomic E-state index is 12.2. The second-order valence-corrected chi connectivity index (χ2v) is 6.51. The Balaban J connectivity index is 1.28. The van der Waals surface area contributed by atoms with Crippen LogP contribution in [-0.2, 0) is 17.8 Å². The lowest BCUT2D eigenvalue weighted by Gasteiger charge is -2.07. The Morgan fingerprint density at radius 1 is 1.23 bits per heavy atom. The van der Waals surface area contributed by atoms with Crippen LogP contribution < -0.4 is 5.32 Å². The van der Waals surface area contributed by atoms with E-state index in [9.17, 15) is 4.79 Å². The monoisotopic (exact) mass is 347 g/mol. The van der Waals surface area contributed by atoms with Crippen LogP contribution in [0.4, 0.5) is 0 Å². The average Bonchev–Trinajstić information content (AvgIpc) is 3.21. The van der Waals surface area contributed by atoms with Crippen LogP contribution in [0.3, 0.4) is 0 Å². The van der Waals surface area contributed by atoms with E-state index >= 15 is 0 Å². The van der Waals surface area contributed by atoms with Gasteiger partial charge in [-0.25, -0.2) is 9.50 Å². The summed E-state index contributed by atoms with van der Waals surface area (Å²) in [6.45, 7) is 2.94. The van der Waals surface area contributed by atoms with E-state index in [1.165, 1.54) is 0 Å². The van der Waals surface area contributed by atoms with Crippen molar-refractivity contribution in [2.24, 2.45) is 0 Å². The van der Waals surface area contributed by atoms with Crippen molar-refractivity contribution < 1.29 is 4.79 Å². The summed E-state index contributed by atoms with van der Waals surface area (Å²) >= 11 is 0. The van der Waals surface area contributed by atoms with Crippen molar-refractivity contribution in [3.05, 3.63) is 66.2 Å². The van der Waals surface area contributed by atoms with Gasteiger partial charge in [-0.1, -0.05) is 18.2 Å². The van der Waals surface area contributed by atoms with Gasteiger partial charge >= 0.3 is 0 Å². The molecule has 0 aliphatic carbocycles. The van der Waals surface area contributed by atoms with Gasteiger partial charge in [-0.15, -0.1) is 0 Å². The van der Waals surface area contributed by atoms with E-state index in [1.807, 2.05) is 60.4 Å². The molecule has 1 amide bonds. The van der Waals surface area contributed by atoms with Gasteiger partial charge in [-0.2, -0.15) is 5.10 Å². The number of nitrogens with one attached hydrogen (secondary N) is 1. The summed E-state index contributed by atoms with van der Waals surface area (Å²) in [4.78, 5) is 16.6. The number of hydrogen-bond acceptors (Lipinski definition) is 3. The number of hydrogen-bond donors (Lipinski definition) is 1. The van der Waals surface area contributed by atoms with E-state index in [0.717, 1.165) is 40.6 Å². The molecule has 4 rings (SSSR count). The molecule has 1 aromatic carbocycles. The number of aryl methyl sites for hydroxylation is 2. The normalized spacial score (nSPS) is 11.3. The van der Waals surface area contributed by atoms with E-state index in [0.29, 0.717) is 13.1 Å². The number of rotatable bonds is 6. The molecule has 0 bridgehead atoms. The van der Waals surface area contributed by atoms with Crippen molar-refractivity contribution in [2.75, 3.05) is 6.54 Å². The molecule has 0 spiro atoms. The van der Waals surface area contributed by atoms with Crippen molar-refractivity contribution in [1.29, 1.82) is 0 Å². The molecular formula is C20H21N5O. The van der Waals surface area contributed by atoms with Gasteiger partial charge in [0.2, 0.25) is 5.91 Å². The Bertz CT molecular complexity index is 1060. The van der Waals surface area contributed by atoms with Crippen LogP contribution in [0, 0.1) is 6.92 Å². The Morgan fingerprint density at radius 2 is 2.12 bits per heavy atom. The lowest BCUT2D eigenvalue weighted by molar-refractivity contribution is -0.121. The van der Waals surface area contributed by atoms with Crippen molar-refractivity contribution in [3.63, 3.8) is 0 Å². The summed E-state index contributed by atoms with van der Waals surface area (Å²) in [5, 5.41) is 8.52. The molecule has 6 nitrogen and oxygen atoms in total. The number of carbonyl (C=O) groups is 1. The van der Waals surface area contributed by atoms with Gasteiger partial charge in [-0.05, 0) is 42.8 Å². The summed E-state index contributed by atoms with van der Waals surface area (Å²) in [5.41, 5.74) is 4.01. The summed E-state index contributed by atoms with van der Waals surface area (Å²) in [7, 11) is 0. The number of carbonyl (C=O) groups excluding carboxylic acids is 1. The molecule has 0 radical (unpaired) electrons. The Kier molecular flexibility index (Phi) is 4.39. The van der Waals surface area contributed by atoms with E-state index in [2.05, 4.69) is 21.5 Å². The lowest BCUT2D eigenvalue weighted by Crippen LogP contribution is -2.28. The smallest absolute Gasteiger partial charge is 0.239 e. The zero-order valence-corrected chi connectivity index (χ0v) is 14.7. The third-order valence-corrected chi connectivity index (χ3v) is 4.45. The van der Waals surface area contributed by atoms with Gasteiger partial charge in [-0.3, -0.25) is 4.79 Å². The van der Waals surface area contributed by atoms with Crippen molar-refractivity contribution in [1.82, 2.24) is 24.5 Å². The third kappa shape index (κ3) is 3.44. The van der Waals surface area contributed by atoms with Gasteiger partial charge in [0, 0.05) is 36.7 Å². The third-order valence-electron chi connectivity index (χ3n) is 4.45. The van der Waals surface area contributed by atoms with E-state index in [4.69, 9.17) is 0 Å². The van der Waals surface area contributed by atoms with Crippen LogP contribution in [0.5, 0.6) is 0 Å². The first-order valence-corrected chi connectivity index (χ1v) is 8.80. The number of amides is 1. The van der Waals surface area contributed by atoms with E-state index in [-0.39, 0.29) is 5.91 Å².